The number of rotatable bonds is 8. The molecule has 0 aliphatic heterocycles. The molecule has 0 atom stereocenters. The molecule has 0 saturated carbocycles. The first-order valence-corrected chi connectivity index (χ1v) is 9.86. The molecular weight excluding hydrogens is 416 g/mol. The summed E-state index contributed by atoms with van der Waals surface area (Å²) in [6.07, 6.45) is 2.10. The van der Waals surface area contributed by atoms with Crippen LogP contribution in [0, 0.1) is 13.8 Å². The van der Waals surface area contributed by atoms with Gasteiger partial charge in [0.05, 0.1) is 19.8 Å². The Balaban J connectivity index is 1.37. The summed E-state index contributed by atoms with van der Waals surface area (Å²) in [6.45, 7) is 3.68. The second-order valence-corrected chi connectivity index (χ2v) is 6.97. The highest BCUT2D eigenvalue weighted by Gasteiger charge is 2.17. The quantitative estimate of drug-likeness (QED) is 0.379. The van der Waals surface area contributed by atoms with E-state index >= 15 is 0 Å². The van der Waals surface area contributed by atoms with Crippen LogP contribution in [-0.2, 0) is 22.6 Å². The highest BCUT2D eigenvalue weighted by Crippen LogP contribution is 2.31. The normalized spacial score (nSPS) is 11.0. The number of aryl methyl sites for hydroxylation is 2. The number of esters is 1. The molecule has 0 fully saturated rings. The van der Waals surface area contributed by atoms with Crippen LogP contribution in [0.5, 0.6) is 11.5 Å². The Morgan fingerprint density at radius 2 is 2.00 bits per heavy atom. The van der Waals surface area contributed by atoms with Gasteiger partial charge in [0.15, 0.2) is 6.61 Å². The smallest absolute Gasteiger partial charge is 0.306 e. The van der Waals surface area contributed by atoms with Crippen LogP contribution >= 0.6 is 0 Å². The first kappa shape index (κ1) is 21.2. The van der Waals surface area contributed by atoms with Crippen LogP contribution in [0.4, 0.5) is 0 Å². The number of hydrogen-bond donors (Lipinski definition) is 0. The zero-order valence-electron chi connectivity index (χ0n) is 18.2. The number of carbonyl (C=O) groups excluding carboxylic acids is 1. The standard InChI is InChI=1S/C21H22N6O5/c1-12-15(13(2)27-21(24-12)22-11-23-27)7-8-19(28)31-10-18-25-20(26-32-18)16-6-5-14(29-3)9-17(16)30-4/h5-6,9,11H,7-8,10H2,1-4H3. The number of benzene rings is 1. The van der Waals surface area contributed by atoms with E-state index in [1.165, 1.54) is 6.33 Å². The molecule has 11 nitrogen and oxygen atoms in total. The molecule has 166 valence electrons. The third-order valence-electron chi connectivity index (χ3n) is 5.04. The molecule has 1 aromatic carbocycles. The molecule has 4 rings (SSSR count). The molecule has 11 heteroatoms. The number of methoxy groups -OCH3 is 2. The van der Waals surface area contributed by atoms with E-state index in [1.807, 2.05) is 13.8 Å². The summed E-state index contributed by atoms with van der Waals surface area (Å²) < 4.78 is 22.7. The molecule has 0 unspecified atom stereocenters. The van der Waals surface area contributed by atoms with E-state index in [-0.39, 0.29) is 24.9 Å². The van der Waals surface area contributed by atoms with Crippen molar-refractivity contribution < 1.29 is 23.5 Å². The zero-order chi connectivity index (χ0) is 22.7. The molecule has 3 aromatic heterocycles. The topological polar surface area (TPSA) is 127 Å². The lowest BCUT2D eigenvalue weighted by molar-refractivity contribution is -0.145. The monoisotopic (exact) mass is 438 g/mol. The maximum atomic E-state index is 12.3. The minimum atomic E-state index is -0.385. The van der Waals surface area contributed by atoms with Crippen LogP contribution in [0.3, 0.4) is 0 Å². The van der Waals surface area contributed by atoms with Gasteiger partial charge in [0.25, 0.3) is 11.7 Å². The fraction of sp³-hybridized carbons (Fsp3) is 0.333. The molecule has 0 saturated heterocycles. The third-order valence-corrected chi connectivity index (χ3v) is 5.04. The minimum Gasteiger partial charge on any atom is -0.497 e. The van der Waals surface area contributed by atoms with Crippen molar-refractivity contribution in [2.24, 2.45) is 0 Å². The molecule has 0 aliphatic rings. The summed E-state index contributed by atoms with van der Waals surface area (Å²) in [6, 6.07) is 5.26. The Bertz CT molecular complexity index is 1270. The summed E-state index contributed by atoms with van der Waals surface area (Å²) in [7, 11) is 3.11. The first-order chi connectivity index (χ1) is 15.5. The molecule has 32 heavy (non-hydrogen) atoms. The van der Waals surface area contributed by atoms with Crippen LogP contribution in [0.1, 0.15) is 29.3 Å². The second kappa shape index (κ2) is 9.00. The molecule has 0 N–H and O–H groups in total. The molecule has 0 radical (unpaired) electrons. The highest BCUT2D eigenvalue weighted by atomic mass is 16.6. The lowest BCUT2D eigenvalue weighted by Crippen LogP contribution is -2.10. The number of hydrogen-bond acceptors (Lipinski definition) is 10. The van der Waals surface area contributed by atoms with Crippen molar-refractivity contribution in [2.75, 3.05) is 14.2 Å². The van der Waals surface area contributed by atoms with Gasteiger partial charge in [0, 0.05) is 23.9 Å². The van der Waals surface area contributed by atoms with Crippen molar-refractivity contribution in [2.45, 2.75) is 33.3 Å². The van der Waals surface area contributed by atoms with Crippen molar-refractivity contribution in [3.05, 3.63) is 47.4 Å². The predicted molar refractivity (Wildman–Crippen MR) is 111 cm³/mol. The third kappa shape index (κ3) is 4.22. The number of aromatic nitrogens is 6. The van der Waals surface area contributed by atoms with Crippen molar-refractivity contribution in [1.29, 1.82) is 0 Å². The van der Waals surface area contributed by atoms with Crippen LogP contribution in [0.2, 0.25) is 0 Å². The van der Waals surface area contributed by atoms with Gasteiger partial charge in [-0.2, -0.15) is 15.1 Å². The van der Waals surface area contributed by atoms with E-state index in [0.717, 1.165) is 17.0 Å². The van der Waals surface area contributed by atoms with Crippen LogP contribution in [0.25, 0.3) is 17.2 Å². The van der Waals surface area contributed by atoms with E-state index in [9.17, 15) is 4.79 Å². The van der Waals surface area contributed by atoms with Gasteiger partial charge >= 0.3 is 5.97 Å². The van der Waals surface area contributed by atoms with Gasteiger partial charge in [-0.05, 0) is 38.0 Å². The number of carbonyl (C=O) groups is 1. The summed E-state index contributed by atoms with van der Waals surface area (Å²) in [5, 5.41) is 8.10. The van der Waals surface area contributed by atoms with Crippen LogP contribution in [-0.4, -0.2) is 49.9 Å². The highest BCUT2D eigenvalue weighted by molar-refractivity contribution is 5.70. The Kier molecular flexibility index (Phi) is 5.97. The SMILES string of the molecule is COc1ccc(-c2noc(COC(=O)CCc3c(C)nc4ncnn4c3C)n2)c(OC)c1. The lowest BCUT2D eigenvalue weighted by atomic mass is 10.1. The van der Waals surface area contributed by atoms with E-state index < -0.39 is 0 Å². The summed E-state index contributed by atoms with van der Waals surface area (Å²) in [5.74, 6) is 1.85. The Morgan fingerprint density at radius 3 is 2.78 bits per heavy atom. The Morgan fingerprint density at radius 1 is 1.16 bits per heavy atom. The maximum Gasteiger partial charge on any atom is 0.306 e. The van der Waals surface area contributed by atoms with Gasteiger partial charge in [-0.3, -0.25) is 4.79 Å². The maximum absolute atomic E-state index is 12.3. The molecule has 4 aromatic rings. The van der Waals surface area contributed by atoms with Gasteiger partial charge in [0.2, 0.25) is 5.82 Å². The van der Waals surface area contributed by atoms with E-state index in [2.05, 4.69) is 25.2 Å². The van der Waals surface area contributed by atoms with Crippen LogP contribution < -0.4 is 9.47 Å². The van der Waals surface area contributed by atoms with Crippen molar-refractivity contribution in [3.8, 4) is 22.9 Å². The van der Waals surface area contributed by atoms with Gasteiger partial charge in [0.1, 0.15) is 17.8 Å². The largest absolute Gasteiger partial charge is 0.497 e. The Labute approximate surface area is 183 Å². The van der Waals surface area contributed by atoms with E-state index in [0.29, 0.717) is 35.1 Å². The lowest BCUT2D eigenvalue weighted by Gasteiger charge is -2.09. The summed E-state index contributed by atoms with van der Waals surface area (Å²) >= 11 is 0. The van der Waals surface area contributed by atoms with Gasteiger partial charge in [-0.1, -0.05) is 5.16 Å². The fourth-order valence-corrected chi connectivity index (χ4v) is 3.36. The molecular formula is C21H22N6O5. The average molecular weight is 438 g/mol. The fourth-order valence-electron chi connectivity index (χ4n) is 3.36. The van der Waals surface area contributed by atoms with E-state index in [1.54, 1.807) is 36.9 Å². The first-order valence-electron chi connectivity index (χ1n) is 9.86. The van der Waals surface area contributed by atoms with Gasteiger partial charge in [-0.25, -0.2) is 9.50 Å². The predicted octanol–water partition coefficient (Wildman–Crippen LogP) is 2.48. The molecule has 0 bridgehead atoms. The van der Waals surface area contributed by atoms with Crippen molar-refractivity contribution in [1.82, 2.24) is 29.7 Å². The zero-order valence-corrected chi connectivity index (χ0v) is 18.2. The molecule has 0 aliphatic carbocycles. The van der Waals surface area contributed by atoms with Gasteiger partial charge in [-0.15, -0.1) is 0 Å². The molecule has 3 heterocycles. The summed E-state index contributed by atoms with van der Waals surface area (Å²) in [5.41, 5.74) is 3.28. The van der Waals surface area contributed by atoms with Gasteiger partial charge < -0.3 is 18.7 Å². The summed E-state index contributed by atoms with van der Waals surface area (Å²) in [4.78, 5) is 25.1. The van der Waals surface area contributed by atoms with Crippen LogP contribution in [0.15, 0.2) is 29.0 Å². The molecule has 0 spiro atoms. The number of nitrogens with zero attached hydrogens (tertiary/aromatic N) is 6. The average Bonchev–Trinajstić information content (AvgIpc) is 3.46. The van der Waals surface area contributed by atoms with Crippen molar-refractivity contribution in [3.63, 3.8) is 0 Å². The van der Waals surface area contributed by atoms with E-state index in [4.69, 9.17) is 18.7 Å². The number of ether oxygens (including phenoxy) is 3. The van der Waals surface area contributed by atoms with Crippen molar-refractivity contribution >= 4 is 11.7 Å². The number of fused-ring (bicyclic) bond motifs is 1. The second-order valence-electron chi connectivity index (χ2n) is 6.97. The molecule has 0 amide bonds. The Hall–Kier alpha value is -4.02. The minimum absolute atomic E-state index is 0.122.